The van der Waals surface area contributed by atoms with Gasteiger partial charge in [-0.2, -0.15) is 0 Å². The van der Waals surface area contributed by atoms with Gasteiger partial charge >= 0.3 is 0 Å². The van der Waals surface area contributed by atoms with Gasteiger partial charge in [-0.25, -0.2) is 13.4 Å². The smallest absolute Gasteiger partial charge is 0.239 e. The quantitative estimate of drug-likeness (QED) is 0.667. The minimum Gasteiger partial charge on any atom is -0.462 e. The first-order valence-electron chi connectivity index (χ1n) is 8.02. The van der Waals surface area contributed by atoms with E-state index in [1.807, 2.05) is 19.1 Å². The monoisotopic (exact) mass is 390 g/mol. The Morgan fingerprint density at radius 2 is 2.00 bits per heavy atom. The van der Waals surface area contributed by atoms with E-state index < -0.39 is 21.5 Å². The summed E-state index contributed by atoms with van der Waals surface area (Å²) in [6.45, 7) is 2.04. The van der Waals surface area contributed by atoms with Crippen LogP contribution in [0.5, 0.6) is 0 Å². The van der Waals surface area contributed by atoms with Gasteiger partial charge in [-0.1, -0.05) is 19.1 Å². The van der Waals surface area contributed by atoms with Crippen molar-refractivity contribution in [1.29, 1.82) is 0 Å². The van der Waals surface area contributed by atoms with Crippen LogP contribution in [0, 0.1) is 0 Å². The van der Waals surface area contributed by atoms with Gasteiger partial charge in [-0.15, -0.1) is 11.3 Å². The highest BCUT2D eigenvalue weighted by atomic mass is 32.2. The number of rotatable bonds is 7. The summed E-state index contributed by atoms with van der Waals surface area (Å²) in [7, 11) is -3.62. The number of carbonyl (C=O) groups is 1. The lowest BCUT2D eigenvalue weighted by molar-refractivity contribution is -0.113. The molecule has 1 aromatic carbocycles. The second-order valence-electron chi connectivity index (χ2n) is 5.75. The Bertz CT molecular complexity index is 975. The lowest BCUT2D eigenvalue weighted by Gasteiger charge is -2.06. The van der Waals surface area contributed by atoms with Crippen molar-refractivity contribution in [1.82, 2.24) is 4.98 Å². The number of aromatic nitrogens is 1. The van der Waals surface area contributed by atoms with Crippen molar-refractivity contribution in [3.63, 3.8) is 0 Å². The Balaban J connectivity index is 1.60. The standard InChI is InChI=1S/C18H18N2O4S2/c1-2-13-5-7-14(8-6-13)19-17(21)12-26(22,23)11-15-10-25-18(20-15)16-4-3-9-24-16/h3-10H,2,11-12H2,1H3,(H,19,21). The van der Waals surface area contributed by atoms with Gasteiger partial charge in [0.25, 0.3) is 0 Å². The SMILES string of the molecule is CCc1ccc(NC(=O)CS(=O)(=O)Cc2csc(-c3ccco3)n2)cc1. The van der Waals surface area contributed by atoms with Crippen molar-refractivity contribution in [2.45, 2.75) is 19.1 Å². The maximum atomic E-state index is 12.3. The third-order valence-electron chi connectivity index (χ3n) is 3.65. The van der Waals surface area contributed by atoms with E-state index >= 15 is 0 Å². The number of aryl methyl sites for hydroxylation is 1. The Labute approximate surface area is 155 Å². The number of sulfone groups is 1. The zero-order chi connectivity index (χ0) is 18.6. The molecule has 1 amide bonds. The maximum absolute atomic E-state index is 12.3. The number of nitrogens with one attached hydrogen (secondary N) is 1. The number of benzene rings is 1. The molecule has 26 heavy (non-hydrogen) atoms. The Morgan fingerprint density at radius 3 is 2.65 bits per heavy atom. The van der Waals surface area contributed by atoms with E-state index in [9.17, 15) is 13.2 Å². The number of hydrogen-bond acceptors (Lipinski definition) is 6. The molecule has 0 fully saturated rings. The Hall–Kier alpha value is -2.45. The zero-order valence-electron chi connectivity index (χ0n) is 14.1. The van der Waals surface area contributed by atoms with Gasteiger partial charge in [-0.3, -0.25) is 4.79 Å². The minimum absolute atomic E-state index is 0.285. The molecule has 0 spiro atoms. The topological polar surface area (TPSA) is 89.3 Å². The number of thiazole rings is 1. The van der Waals surface area contributed by atoms with Gasteiger partial charge in [0.15, 0.2) is 20.6 Å². The van der Waals surface area contributed by atoms with E-state index in [-0.39, 0.29) is 5.75 Å². The van der Waals surface area contributed by atoms with Crippen molar-refractivity contribution in [2.75, 3.05) is 11.1 Å². The molecular formula is C18H18N2O4S2. The predicted octanol–water partition coefficient (Wildman–Crippen LogP) is 3.52. The lowest BCUT2D eigenvalue weighted by atomic mass is 10.1. The summed E-state index contributed by atoms with van der Waals surface area (Å²) < 4.78 is 29.8. The molecule has 8 heteroatoms. The molecule has 0 aliphatic rings. The molecule has 0 saturated carbocycles. The van der Waals surface area contributed by atoms with Crippen LogP contribution in [0.15, 0.2) is 52.5 Å². The van der Waals surface area contributed by atoms with Crippen LogP contribution in [0.1, 0.15) is 18.2 Å². The van der Waals surface area contributed by atoms with Crippen molar-refractivity contribution in [2.24, 2.45) is 0 Å². The highest BCUT2D eigenvalue weighted by Crippen LogP contribution is 2.24. The number of anilines is 1. The molecule has 0 unspecified atom stereocenters. The molecule has 0 bridgehead atoms. The fourth-order valence-corrected chi connectivity index (χ4v) is 4.45. The van der Waals surface area contributed by atoms with Crippen LogP contribution in [0.3, 0.4) is 0 Å². The van der Waals surface area contributed by atoms with Crippen LogP contribution in [-0.4, -0.2) is 25.1 Å². The van der Waals surface area contributed by atoms with Crippen LogP contribution in [0.25, 0.3) is 10.8 Å². The first-order valence-corrected chi connectivity index (χ1v) is 10.7. The molecule has 3 aromatic rings. The first-order chi connectivity index (χ1) is 12.4. The average Bonchev–Trinajstić information content (AvgIpc) is 3.25. The second-order valence-corrected chi connectivity index (χ2v) is 8.67. The molecule has 2 heterocycles. The average molecular weight is 390 g/mol. The van der Waals surface area contributed by atoms with Gasteiger partial charge in [0.1, 0.15) is 5.75 Å². The largest absolute Gasteiger partial charge is 0.462 e. The number of carbonyl (C=O) groups excluding carboxylic acids is 1. The van der Waals surface area contributed by atoms with Crippen LogP contribution in [0.2, 0.25) is 0 Å². The van der Waals surface area contributed by atoms with E-state index in [4.69, 9.17) is 4.42 Å². The van der Waals surface area contributed by atoms with Gasteiger partial charge in [-0.05, 0) is 36.2 Å². The molecule has 0 radical (unpaired) electrons. The van der Waals surface area contributed by atoms with Gasteiger partial charge in [0.2, 0.25) is 5.91 Å². The summed E-state index contributed by atoms with van der Waals surface area (Å²) in [6, 6.07) is 10.8. The van der Waals surface area contributed by atoms with Crippen molar-refractivity contribution in [3.8, 4) is 10.8 Å². The molecule has 0 atom stereocenters. The highest BCUT2D eigenvalue weighted by Gasteiger charge is 2.20. The van der Waals surface area contributed by atoms with E-state index in [0.29, 0.717) is 22.1 Å². The van der Waals surface area contributed by atoms with Gasteiger partial charge in [0, 0.05) is 11.1 Å². The van der Waals surface area contributed by atoms with E-state index in [1.54, 1.807) is 29.6 Å². The molecule has 136 valence electrons. The minimum atomic E-state index is -3.62. The zero-order valence-corrected chi connectivity index (χ0v) is 15.8. The second kappa shape index (κ2) is 7.84. The highest BCUT2D eigenvalue weighted by molar-refractivity contribution is 7.91. The number of amides is 1. The Kier molecular flexibility index (Phi) is 5.53. The normalized spacial score (nSPS) is 11.4. The molecular weight excluding hydrogens is 372 g/mol. The van der Waals surface area contributed by atoms with Crippen molar-refractivity contribution >= 4 is 32.8 Å². The molecule has 3 rings (SSSR count). The summed E-state index contributed by atoms with van der Waals surface area (Å²) >= 11 is 1.30. The first kappa shape index (κ1) is 18.3. The molecule has 6 nitrogen and oxygen atoms in total. The van der Waals surface area contributed by atoms with Gasteiger partial charge in [0.05, 0.1) is 17.7 Å². The number of furan rings is 1. The third-order valence-corrected chi connectivity index (χ3v) is 5.99. The third kappa shape index (κ3) is 4.80. The maximum Gasteiger partial charge on any atom is 0.239 e. The number of hydrogen-bond donors (Lipinski definition) is 1. The fraction of sp³-hybridized carbons (Fsp3) is 0.222. The van der Waals surface area contributed by atoms with E-state index in [1.165, 1.54) is 17.6 Å². The molecule has 2 aromatic heterocycles. The van der Waals surface area contributed by atoms with Crippen LogP contribution in [0.4, 0.5) is 5.69 Å². The molecule has 0 aliphatic heterocycles. The van der Waals surface area contributed by atoms with E-state index in [2.05, 4.69) is 10.3 Å². The Morgan fingerprint density at radius 1 is 1.23 bits per heavy atom. The fourth-order valence-electron chi connectivity index (χ4n) is 2.38. The van der Waals surface area contributed by atoms with Crippen molar-refractivity contribution < 1.29 is 17.6 Å². The van der Waals surface area contributed by atoms with Crippen LogP contribution in [-0.2, 0) is 26.8 Å². The summed E-state index contributed by atoms with van der Waals surface area (Å²) in [5.74, 6) is -0.842. The lowest BCUT2D eigenvalue weighted by Crippen LogP contribution is -2.24. The predicted molar refractivity (Wildman–Crippen MR) is 102 cm³/mol. The summed E-state index contributed by atoms with van der Waals surface area (Å²) in [4.78, 5) is 16.3. The molecule has 1 N–H and O–H groups in total. The summed E-state index contributed by atoms with van der Waals surface area (Å²) in [5, 5.41) is 4.89. The summed E-state index contributed by atoms with van der Waals surface area (Å²) in [5.41, 5.74) is 2.13. The number of nitrogens with zero attached hydrogens (tertiary/aromatic N) is 1. The molecule has 0 saturated heterocycles. The summed E-state index contributed by atoms with van der Waals surface area (Å²) in [6.07, 6.45) is 2.43. The molecule has 0 aliphatic carbocycles. The van der Waals surface area contributed by atoms with Gasteiger partial charge < -0.3 is 9.73 Å². The van der Waals surface area contributed by atoms with Crippen LogP contribution >= 0.6 is 11.3 Å². The van der Waals surface area contributed by atoms with Crippen LogP contribution < -0.4 is 5.32 Å². The van der Waals surface area contributed by atoms with Crippen molar-refractivity contribution in [3.05, 3.63) is 59.3 Å². The van der Waals surface area contributed by atoms with E-state index in [0.717, 1.165) is 12.0 Å².